The van der Waals surface area contributed by atoms with Gasteiger partial charge in [-0.05, 0) is 19.5 Å². The van der Waals surface area contributed by atoms with E-state index in [4.69, 9.17) is 0 Å². The number of piperazine rings is 2. The molecular weight excluding hydrogens is 266 g/mol. The van der Waals surface area contributed by atoms with Gasteiger partial charge in [-0.3, -0.25) is 14.4 Å². The van der Waals surface area contributed by atoms with Crippen molar-refractivity contribution in [1.29, 1.82) is 0 Å². The predicted octanol–water partition coefficient (Wildman–Crippen LogP) is 0.365. The van der Waals surface area contributed by atoms with E-state index in [0.717, 1.165) is 57.9 Å². The van der Waals surface area contributed by atoms with Gasteiger partial charge in [0.1, 0.15) is 5.69 Å². The van der Waals surface area contributed by atoms with Gasteiger partial charge in [-0.2, -0.15) is 5.10 Å². The third kappa shape index (κ3) is 2.96. The number of amides is 1. The maximum Gasteiger partial charge on any atom is 0.272 e. The Bertz CT molecular complexity index is 500. The van der Waals surface area contributed by atoms with Crippen molar-refractivity contribution in [2.45, 2.75) is 25.9 Å². The number of aromatic nitrogens is 2. The minimum atomic E-state index is 0.133. The van der Waals surface area contributed by atoms with Crippen LogP contribution in [0.25, 0.3) is 0 Å². The van der Waals surface area contributed by atoms with Gasteiger partial charge in [0.05, 0.1) is 0 Å². The molecule has 0 bridgehead atoms. The minimum Gasteiger partial charge on any atom is -0.334 e. The van der Waals surface area contributed by atoms with Gasteiger partial charge in [0, 0.05) is 58.1 Å². The van der Waals surface area contributed by atoms with E-state index in [0.29, 0.717) is 6.04 Å². The zero-order valence-corrected chi connectivity index (χ0v) is 13.0. The molecule has 0 aliphatic carbocycles. The Balaban J connectivity index is 1.69. The molecule has 2 aliphatic rings. The number of nitrogens with zero attached hydrogens (tertiary/aromatic N) is 5. The third-order valence-corrected chi connectivity index (χ3v) is 4.55. The Morgan fingerprint density at radius 2 is 2.10 bits per heavy atom. The first kappa shape index (κ1) is 14.5. The van der Waals surface area contributed by atoms with E-state index in [2.05, 4.69) is 28.9 Å². The molecule has 0 spiro atoms. The second-order valence-electron chi connectivity index (χ2n) is 6.14. The van der Waals surface area contributed by atoms with Crippen molar-refractivity contribution in [1.82, 2.24) is 24.5 Å². The molecule has 2 fully saturated rings. The van der Waals surface area contributed by atoms with Crippen molar-refractivity contribution in [2.75, 3.05) is 46.3 Å². The lowest BCUT2D eigenvalue weighted by atomic mass is 10.1. The van der Waals surface area contributed by atoms with Crippen LogP contribution in [0.3, 0.4) is 0 Å². The van der Waals surface area contributed by atoms with Gasteiger partial charge < -0.3 is 9.80 Å². The lowest BCUT2D eigenvalue weighted by Gasteiger charge is -2.46. The van der Waals surface area contributed by atoms with Crippen LogP contribution in [-0.4, -0.2) is 82.7 Å². The molecule has 0 unspecified atom stereocenters. The van der Waals surface area contributed by atoms with Gasteiger partial charge in [0.25, 0.3) is 5.91 Å². The minimum absolute atomic E-state index is 0.133. The molecule has 116 valence electrons. The van der Waals surface area contributed by atoms with Crippen LogP contribution in [0, 0.1) is 0 Å². The van der Waals surface area contributed by atoms with Crippen LogP contribution in [0.2, 0.25) is 0 Å². The van der Waals surface area contributed by atoms with Crippen molar-refractivity contribution in [3.63, 3.8) is 0 Å². The van der Waals surface area contributed by atoms with Crippen LogP contribution in [-0.2, 0) is 6.54 Å². The number of carbonyl (C=O) groups excluding carboxylic acids is 1. The molecule has 2 saturated heterocycles. The number of rotatable bonds is 3. The van der Waals surface area contributed by atoms with E-state index in [1.165, 1.54) is 0 Å². The Labute approximate surface area is 126 Å². The molecule has 3 heterocycles. The lowest BCUT2D eigenvalue weighted by Crippen LogP contribution is -2.62. The maximum absolute atomic E-state index is 12.7. The Kier molecular flexibility index (Phi) is 4.26. The summed E-state index contributed by atoms with van der Waals surface area (Å²) < 4.78 is 1.84. The first-order chi connectivity index (χ1) is 10.2. The summed E-state index contributed by atoms with van der Waals surface area (Å²) in [6, 6.07) is 2.32. The zero-order valence-electron chi connectivity index (χ0n) is 13.0. The lowest BCUT2D eigenvalue weighted by molar-refractivity contribution is 0.0184. The number of hydrogen-bond acceptors (Lipinski definition) is 4. The third-order valence-electron chi connectivity index (χ3n) is 4.55. The largest absolute Gasteiger partial charge is 0.334 e. The molecule has 3 rings (SSSR count). The maximum atomic E-state index is 12.7. The van der Waals surface area contributed by atoms with Crippen LogP contribution in [0.15, 0.2) is 12.3 Å². The molecule has 2 aliphatic heterocycles. The van der Waals surface area contributed by atoms with Gasteiger partial charge in [-0.25, -0.2) is 0 Å². The molecule has 0 radical (unpaired) electrons. The average molecular weight is 291 g/mol. The summed E-state index contributed by atoms with van der Waals surface area (Å²) in [5.41, 5.74) is 0.731. The Morgan fingerprint density at radius 1 is 1.29 bits per heavy atom. The highest BCUT2D eigenvalue weighted by Crippen LogP contribution is 2.17. The topological polar surface area (TPSA) is 44.6 Å². The molecule has 6 heteroatoms. The molecule has 21 heavy (non-hydrogen) atoms. The van der Waals surface area contributed by atoms with Crippen molar-refractivity contribution in [3.8, 4) is 0 Å². The van der Waals surface area contributed by atoms with Gasteiger partial charge in [-0.1, -0.05) is 6.92 Å². The van der Waals surface area contributed by atoms with Gasteiger partial charge in [0.2, 0.25) is 0 Å². The highest BCUT2D eigenvalue weighted by Gasteiger charge is 2.33. The molecular formula is C15H25N5O. The van der Waals surface area contributed by atoms with Crippen LogP contribution in [0.5, 0.6) is 0 Å². The number of likely N-dealkylation sites (N-methyl/N-ethyl adjacent to an activating group) is 1. The number of aryl methyl sites for hydroxylation is 1. The first-order valence-corrected chi connectivity index (χ1v) is 7.92. The van der Waals surface area contributed by atoms with Crippen LogP contribution in [0.1, 0.15) is 23.8 Å². The van der Waals surface area contributed by atoms with Gasteiger partial charge in [0.15, 0.2) is 0 Å². The second kappa shape index (κ2) is 6.15. The average Bonchev–Trinajstić information content (AvgIpc) is 2.94. The van der Waals surface area contributed by atoms with Crippen LogP contribution >= 0.6 is 0 Å². The summed E-state index contributed by atoms with van der Waals surface area (Å²) in [6.45, 7) is 8.87. The first-order valence-electron chi connectivity index (χ1n) is 7.92. The fourth-order valence-electron chi connectivity index (χ4n) is 3.36. The quantitative estimate of drug-likeness (QED) is 0.807. The molecule has 1 aromatic heterocycles. The van der Waals surface area contributed by atoms with E-state index < -0.39 is 0 Å². The van der Waals surface area contributed by atoms with Crippen LogP contribution < -0.4 is 0 Å². The highest BCUT2D eigenvalue weighted by atomic mass is 16.2. The molecule has 0 N–H and O–H groups in total. The van der Waals surface area contributed by atoms with Crippen molar-refractivity contribution >= 4 is 5.91 Å². The van der Waals surface area contributed by atoms with Crippen molar-refractivity contribution < 1.29 is 4.79 Å². The van der Waals surface area contributed by atoms with Gasteiger partial charge in [-0.15, -0.1) is 0 Å². The SMILES string of the molecule is CCCn1nccc1C(=O)N1CCN2CCN(C)C[C@H]2C1. The normalized spacial score (nSPS) is 24.1. The molecule has 0 aromatic carbocycles. The fraction of sp³-hybridized carbons (Fsp3) is 0.733. The summed E-state index contributed by atoms with van der Waals surface area (Å²) >= 11 is 0. The summed E-state index contributed by atoms with van der Waals surface area (Å²) in [7, 11) is 2.16. The van der Waals surface area contributed by atoms with E-state index in [9.17, 15) is 4.79 Å². The predicted molar refractivity (Wildman–Crippen MR) is 81.3 cm³/mol. The van der Waals surface area contributed by atoms with E-state index in [1.807, 2.05) is 15.6 Å². The van der Waals surface area contributed by atoms with E-state index in [-0.39, 0.29) is 5.91 Å². The van der Waals surface area contributed by atoms with Crippen molar-refractivity contribution in [2.24, 2.45) is 0 Å². The summed E-state index contributed by atoms with van der Waals surface area (Å²) in [4.78, 5) is 19.6. The smallest absolute Gasteiger partial charge is 0.272 e. The Morgan fingerprint density at radius 3 is 2.90 bits per heavy atom. The highest BCUT2D eigenvalue weighted by molar-refractivity contribution is 5.92. The summed E-state index contributed by atoms with van der Waals surface area (Å²) in [5, 5.41) is 4.27. The molecule has 1 aromatic rings. The standard InChI is InChI=1S/C15H25N5O/c1-3-6-20-14(4-5-16-20)15(21)19-10-9-18-8-7-17(2)11-13(18)12-19/h4-5,13H,3,6-12H2,1-2H3/t13-/m0/s1. The number of fused-ring (bicyclic) bond motifs is 1. The Hall–Kier alpha value is -1.40. The monoisotopic (exact) mass is 291 g/mol. The molecule has 0 saturated carbocycles. The van der Waals surface area contributed by atoms with Gasteiger partial charge >= 0.3 is 0 Å². The number of carbonyl (C=O) groups is 1. The fourth-order valence-corrected chi connectivity index (χ4v) is 3.36. The van der Waals surface area contributed by atoms with E-state index >= 15 is 0 Å². The zero-order chi connectivity index (χ0) is 14.8. The van der Waals surface area contributed by atoms with Crippen LogP contribution in [0.4, 0.5) is 0 Å². The summed E-state index contributed by atoms with van der Waals surface area (Å²) in [5.74, 6) is 0.133. The second-order valence-corrected chi connectivity index (χ2v) is 6.14. The van der Waals surface area contributed by atoms with E-state index in [1.54, 1.807) is 6.20 Å². The molecule has 1 atom stereocenters. The van der Waals surface area contributed by atoms with Crippen molar-refractivity contribution in [3.05, 3.63) is 18.0 Å². The molecule has 1 amide bonds. The molecule has 6 nitrogen and oxygen atoms in total. The summed E-state index contributed by atoms with van der Waals surface area (Å²) in [6.07, 6.45) is 2.72. The number of hydrogen-bond donors (Lipinski definition) is 0.